The predicted molar refractivity (Wildman–Crippen MR) is 95.4 cm³/mol. The van der Waals surface area contributed by atoms with Crippen molar-refractivity contribution in [3.8, 4) is 0 Å². The lowest BCUT2D eigenvalue weighted by molar-refractivity contribution is 0.0951. The number of aromatic nitrogens is 1. The molecule has 0 fully saturated rings. The van der Waals surface area contributed by atoms with Crippen molar-refractivity contribution in [2.45, 2.75) is 20.3 Å². The molecule has 6 heteroatoms. The van der Waals surface area contributed by atoms with E-state index in [1.807, 2.05) is 0 Å². The molecule has 1 heterocycles. The summed E-state index contributed by atoms with van der Waals surface area (Å²) in [4.78, 5) is 28.4. The highest BCUT2D eigenvalue weighted by Crippen LogP contribution is 2.16. The SMILES string of the molecule is CC(C)CCNC(=O)c1cncc(C(=O)Nc2cccc(Cl)c2)c1. The molecule has 2 N–H and O–H groups in total. The summed E-state index contributed by atoms with van der Waals surface area (Å²) in [6, 6.07) is 8.38. The van der Waals surface area contributed by atoms with Crippen LogP contribution in [-0.2, 0) is 0 Å². The standard InChI is InChI=1S/C18H20ClN3O2/c1-12(2)6-7-21-17(23)13-8-14(11-20-10-13)18(24)22-16-5-3-4-15(19)9-16/h3-5,8-12H,6-7H2,1-2H3,(H,21,23)(H,22,24). The lowest BCUT2D eigenvalue weighted by Crippen LogP contribution is -2.26. The van der Waals surface area contributed by atoms with Gasteiger partial charge in [0.05, 0.1) is 11.1 Å². The molecule has 0 atom stereocenters. The van der Waals surface area contributed by atoms with Crippen LogP contribution >= 0.6 is 11.6 Å². The summed E-state index contributed by atoms with van der Waals surface area (Å²) in [5.74, 6) is -0.0691. The van der Waals surface area contributed by atoms with Crippen LogP contribution in [0.1, 0.15) is 41.0 Å². The van der Waals surface area contributed by atoms with Crippen molar-refractivity contribution in [1.82, 2.24) is 10.3 Å². The van der Waals surface area contributed by atoms with Gasteiger partial charge in [0.1, 0.15) is 0 Å². The molecule has 0 radical (unpaired) electrons. The molecule has 5 nitrogen and oxygen atoms in total. The Morgan fingerprint density at radius 1 is 1.12 bits per heavy atom. The van der Waals surface area contributed by atoms with Crippen molar-refractivity contribution in [2.75, 3.05) is 11.9 Å². The third-order valence-corrected chi connectivity index (χ3v) is 3.59. The average Bonchev–Trinajstić information content (AvgIpc) is 2.54. The summed E-state index contributed by atoms with van der Waals surface area (Å²) in [5, 5.41) is 6.09. The van der Waals surface area contributed by atoms with Crippen LogP contribution in [0.2, 0.25) is 5.02 Å². The largest absolute Gasteiger partial charge is 0.352 e. The minimum Gasteiger partial charge on any atom is -0.352 e. The fourth-order valence-corrected chi connectivity index (χ4v) is 2.22. The second-order valence-electron chi connectivity index (χ2n) is 5.87. The second kappa shape index (κ2) is 8.45. The maximum atomic E-state index is 12.3. The number of halogens is 1. The van der Waals surface area contributed by atoms with Gasteiger partial charge in [0.2, 0.25) is 0 Å². The fourth-order valence-electron chi connectivity index (χ4n) is 2.03. The van der Waals surface area contributed by atoms with Gasteiger partial charge in [-0.05, 0) is 36.6 Å². The van der Waals surface area contributed by atoms with Gasteiger partial charge in [-0.1, -0.05) is 31.5 Å². The zero-order valence-electron chi connectivity index (χ0n) is 13.7. The van der Waals surface area contributed by atoms with Crippen molar-refractivity contribution in [2.24, 2.45) is 5.92 Å². The Bertz CT molecular complexity index is 732. The number of anilines is 1. The van der Waals surface area contributed by atoms with Gasteiger partial charge in [-0.2, -0.15) is 0 Å². The van der Waals surface area contributed by atoms with Crippen LogP contribution in [0.4, 0.5) is 5.69 Å². The van der Waals surface area contributed by atoms with Gasteiger partial charge in [0, 0.05) is 29.6 Å². The Morgan fingerprint density at radius 3 is 2.50 bits per heavy atom. The highest BCUT2D eigenvalue weighted by molar-refractivity contribution is 6.31. The summed E-state index contributed by atoms with van der Waals surface area (Å²) < 4.78 is 0. The molecule has 24 heavy (non-hydrogen) atoms. The Labute approximate surface area is 146 Å². The smallest absolute Gasteiger partial charge is 0.257 e. The van der Waals surface area contributed by atoms with E-state index in [2.05, 4.69) is 29.5 Å². The fraction of sp³-hybridized carbons (Fsp3) is 0.278. The van der Waals surface area contributed by atoms with E-state index in [-0.39, 0.29) is 11.8 Å². The number of carbonyl (C=O) groups excluding carboxylic acids is 2. The zero-order chi connectivity index (χ0) is 17.5. The first-order valence-electron chi connectivity index (χ1n) is 7.76. The summed E-state index contributed by atoms with van der Waals surface area (Å²) in [6.45, 7) is 4.78. The van der Waals surface area contributed by atoms with E-state index in [1.165, 1.54) is 18.5 Å². The summed E-state index contributed by atoms with van der Waals surface area (Å²) in [5.41, 5.74) is 1.25. The number of amides is 2. The summed E-state index contributed by atoms with van der Waals surface area (Å²) in [6.07, 6.45) is 3.76. The van der Waals surface area contributed by atoms with Gasteiger partial charge in [-0.25, -0.2) is 0 Å². The van der Waals surface area contributed by atoms with Gasteiger partial charge in [-0.3, -0.25) is 14.6 Å². The van der Waals surface area contributed by atoms with E-state index in [4.69, 9.17) is 11.6 Å². The summed E-state index contributed by atoms with van der Waals surface area (Å²) >= 11 is 5.90. The lowest BCUT2D eigenvalue weighted by atomic mass is 10.1. The molecule has 0 unspecified atom stereocenters. The van der Waals surface area contributed by atoms with Gasteiger partial charge in [0.25, 0.3) is 11.8 Å². The highest BCUT2D eigenvalue weighted by atomic mass is 35.5. The number of hydrogen-bond acceptors (Lipinski definition) is 3. The molecule has 1 aromatic heterocycles. The van der Waals surface area contributed by atoms with Gasteiger partial charge in [0.15, 0.2) is 0 Å². The Balaban J connectivity index is 2.03. The normalized spacial score (nSPS) is 10.5. The first-order chi connectivity index (χ1) is 11.5. The van der Waals surface area contributed by atoms with Crippen molar-refractivity contribution in [3.05, 3.63) is 58.9 Å². The van der Waals surface area contributed by atoms with E-state index in [9.17, 15) is 9.59 Å². The molecule has 0 bridgehead atoms. The van der Waals surface area contributed by atoms with Crippen LogP contribution in [-0.4, -0.2) is 23.3 Å². The van der Waals surface area contributed by atoms with Crippen LogP contribution < -0.4 is 10.6 Å². The Kier molecular flexibility index (Phi) is 6.32. The minimum absolute atomic E-state index is 0.236. The molecule has 0 aliphatic carbocycles. The molecule has 0 saturated heterocycles. The van der Waals surface area contributed by atoms with E-state index >= 15 is 0 Å². The van der Waals surface area contributed by atoms with E-state index in [0.717, 1.165) is 6.42 Å². The second-order valence-corrected chi connectivity index (χ2v) is 6.30. The van der Waals surface area contributed by atoms with Crippen LogP contribution in [0, 0.1) is 5.92 Å². The van der Waals surface area contributed by atoms with Crippen LogP contribution in [0.3, 0.4) is 0 Å². The molecule has 0 saturated carbocycles. The molecular weight excluding hydrogens is 326 g/mol. The molecule has 2 rings (SSSR count). The molecule has 126 valence electrons. The highest BCUT2D eigenvalue weighted by Gasteiger charge is 2.12. The number of benzene rings is 1. The molecular formula is C18H20ClN3O2. The van der Waals surface area contributed by atoms with Gasteiger partial charge < -0.3 is 10.6 Å². The van der Waals surface area contributed by atoms with E-state index in [0.29, 0.717) is 34.3 Å². The lowest BCUT2D eigenvalue weighted by Gasteiger charge is -2.09. The molecule has 0 aliphatic rings. The number of rotatable bonds is 6. The van der Waals surface area contributed by atoms with E-state index < -0.39 is 0 Å². The number of hydrogen-bond donors (Lipinski definition) is 2. The van der Waals surface area contributed by atoms with Gasteiger partial charge in [-0.15, -0.1) is 0 Å². The molecule has 1 aromatic carbocycles. The monoisotopic (exact) mass is 345 g/mol. The molecule has 2 aromatic rings. The first-order valence-corrected chi connectivity index (χ1v) is 8.13. The third kappa shape index (κ3) is 5.35. The average molecular weight is 346 g/mol. The zero-order valence-corrected chi connectivity index (χ0v) is 14.4. The summed E-state index contributed by atoms with van der Waals surface area (Å²) in [7, 11) is 0. The number of pyridine rings is 1. The number of nitrogens with one attached hydrogen (secondary N) is 2. The minimum atomic E-state index is -0.346. The van der Waals surface area contributed by atoms with Crippen LogP contribution in [0.25, 0.3) is 0 Å². The maximum absolute atomic E-state index is 12.3. The Hall–Kier alpha value is -2.40. The number of nitrogens with zero attached hydrogens (tertiary/aromatic N) is 1. The molecule has 2 amide bonds. The van der Waals surface area contributed by atoms with Crippen molar-refractivity contribution in [3.63, 3.8) is 0 Å². The topological polar surface area (TPSA) is 71.1 Å². The van der Waals surface area contributed by atoms with E-state index in [1.54, 1.807) is 24.3 Å². The first kappa shape index (κ1) is 17.9. The third-order valence-electron chi connectivity index (χ3n) is 3.35. The Morgan fingerprint density at radius 2 is 1.83 bits per heavy atom. The quantitative estimate of drug-likeness (QED) is 0.837. The predicted octanol–water partition coefficient (Wildman–Crippen LogP) is 3.76. The van der Waals surface area contributed by atoms with Crippen molar-refractivity contribution >= 4 is 29.1 Å². The van der Waals surface area contributed by atoms with Crippen molar-refractivity contribution in [1.29, 1.82) is 0 Å². The van der Waals surface area contributed by atoms with Crippen LogP contribution in [0.5, 0.6) is 0 Å². The molecule has 0 aliphatic heterocycles. The van der Waals surface area contributed by atoms with Crippen molar-refractivity contribution < 1.29 is 9.59 Å². The van der Waals surface area contributed by atoms with Gasteiger partial charge >= 0.3 is 0 Å². The molecule has 0 spiro atoms. The number of carbonyl (C=O) groups is 2. The van der Waals surface area contributed by atoms with Crippen LogP contribution in [0.15, 0.2) is 42.7 Å². The maximum Gasteiger partial charge on any atom is 0.257 e.